The molecular formula is C22H22N4O3S. The summed E-state index contributed by atoms with van der Waals surface area (Å²) in [6.45, 7) is 1.24. The van der Waals surface area contributed by atoms with Crippen LogP contribution < -0.4 is 5.32 Å². The molecular weight excluding hydrogens is 400 g/mol. The number of benzene rings is 3. The van der Waals surface area contributed by atoms with Gasteiger partial charge in [0.2, 0.25) is 0 Å². The molecule has 0 saturated carbocycles. The lowest BCUT2D eigenvalue weighted by molar-refractivity contribution is 0.0952. The Morgan fingerprint density at radius 1 is 0.933 bits per heavy atom. The summed E-state index contributed by atoms with van der Waals surface area (Å²) in [4.78, 5) is 24.4. The van der Waals surface area contributed by atoms with Crippen molar-refractivity contribution in [3.05, 3.63) is 54.1 Å². The highest BCUT2D eigenvalue weighted by Gasteiger charge is 2.16. The van der Waals surface area contributed by atoms with E-state index in [4.69, 9.17) is 4.98 Å². The van der Waals surface area contributed by atoms with Crippen LogP contribution in [0.15, 0.2) is 53.4 Å². The molecule has 0 atom stereocenters. The number of para-hydroxylation sites is 1. The lowest BCUT2D eigenvalue weighted by Gasteiger charge is -2.12. The van der Waals surface area contributed by atoms with Crippen molar-refractivity contribution in [1.82, 2.24) is 20.2 Å². The maximum atomic E-state index is 12.7. The minimum atomic E-state index is -3.40. The molecule has 0 unspecified atom stereocenters. The monoisotopic (exact) mass is 422 g/mol. The Kier molecular flexibility index (Phi) is 5.13. The average Bonchev–Trinajstić information content (AvgIpc) is 2.70. The molecule has 0 aliphatic carbocycles. The Hall–Kier alpha value is -3.10. The minimum Gasteiger partial charge on any atom is -0.351 e. The van der Waals surface area contributed by atoms with Crippen molar-refractivity contribution in [2.24, 2.45) is 0 Å². The van der Waals surface area contributed by atoms with Gasteiger partial charge in [-0.15, -0.1) is 0 Å². The molecule has 1 heterocycles. The molecule has 0 radical (unpaired) electrons. The molecule has 4 aromatic rings. The Morgan fingerprint density at radius 2 is 1.67 bits per heavy atom. The first-order valence-electron chi connectivity index (χ1n) is 9.51. The molecule has 1 amide bonds. The van der Waals surface area contributed by atoms with E-state index in [0.29, 0.717) is 44.9 Å². The van der Waals surface area contributed by atoms with E-state index in [-0.39, 0.29) is 10.8 Å². The molecule has 7 nitrogen and oxygen atoms in total. The van der Waals surface area contributed by atoms with E-state index >= 15 is 0 Å². The number of carbonyl (C=O) groups excluding carboxylic acids is 1. The van der Waals surface area contributed by atoms with Crippen LogP contribution >= 0.6 is 0 Å². The standard InChI is InChI=1S/C22H22N4O3S/c1-26(2)13-12-23-22(27)16-7-4-8-17-21(16)25-20-15-6-5-9-19(30(3,28)29)14(15)10-11-18(20)24-17/h4-11H,12-13H2,1-3H3,(H,23,27). The van der Waals surface area contributed by atoms with Crippen molar-refractivity contribution >= 4 is 48.6 Å². The molecule has 0 bridgehead atoms. The summed E-state index contributed by atoms with van der Waals surface area (Å²) in [6, 6.07) is 14.0. The summed E-state index contributed by atoms with van der Waals surface area (Å²) in [6.07, 6.45) is 1.19. The molecule has 3 aromatic carbocycles. The Morgan fingerprint density at radius 3 is 2.40 bits per heavy atom. The summed E-state index contributed by atoms with van der Waals surface area (Å²) < 4.78 is 24.4. The number of rotatable bonds is 5. The van der Waals surface area contributed by atoms with Crippen LogP contribution in [0, 0.1) is 0 Å². The van der Waals surface area contributed by atoms with Gasteiger partial charge in [0.05, 0.1) is 27.0 Å². The SMILES string of the molecule is CN(C)CCNC(=O)c1cccc2nc3ccc4c(S(C)(=O)=O)cccc4c3nc12. The lowest BCUT2D eigenvalue weighted by atomic mass is 10.1. The van der Waals surface area contributed by atoms with E-state index in [1.165, 1.54) is 6.26 Å². The number of amides is 1. The van der Waals surface area contributed by atoms with Gasteiger partial charge in [0.15, 0.2) is 9.84 Å². The molecule has 30 heavy (non-hydrogen) atoms. The second-order valence-electron chi connectivity index (χ2n) is 7.51. The third-order valence-corrected chi connectivity index (χ3v) is 6.09. The summed E-state index contributed by atoms with van der Waals surface area (Å²) in [7, 11) is 0.488. The van der Waals surface area contributed by atoms with Crippen LogP contribution in [0.2, 0.25) is 0 Å². The summed E-state index contributed by atoms with van der Waals surface area (Å²) in [5.74, 6) is -0.215. The smallest absolute Gasteiger partial charge is 0.253 e. The Labute approximate surface area is 174 Å². The second kappa shape index (κ2) is 7.62. The Bertz CT molecular complexity index is 1400. The van der Waals surface area contributed by atoms with Crippen LogP contribution in [-0.4, -0.2) is 62.6 Å². The molecule has 4 rings (SSSR count). The largest absolute Gasteiger partial charge is 0.351 e. The van der Waals surface area contributed by atoms with E-state index in [1.807, 2.05) is 31.1 Å². The zero-order chi connectivity index (χ0) is 21.5. The van der Waals surface area contributed by atoms with Gasteiger partial charge in [0, 0.05) is 30.1 Å². The molecule has 1 N–H and O–H groups in total. The fourth-order valence-electron chi connectivity index (χ4n) is 3.48. The number of aromatic nitrogens is 2. The first kappa shape index (κ1) is 20.2. The number of sulfone groups is 1. The molecule has 1 aromatic heterocycles. The van der Waals surface area contributed by atoms with Crippen molar-refractivity contribution in [3.8, 4) is 0 Å². The van der Waals surface area contributed by atoms with Gasteiger partial charge in [-0.1, -0.05) is 24.3 Å². The summed E-state index contributed by atoms with van der Waals surface area (Å²) >= 11 is 0. The van der Waals surface area contributed by atoms with Gasteiger partial charge in [-0.3, -0.25) is 4.79 Å². The van der Waals surface area contributed by atoms with Gasteiger partial charge >= 0.3 is 0 Å². The highest BCUT2D eigenvalue weighted by molar-refractivity contribution is 7.91. The highest BCUT2D eigenvalue weighted by Crippen LogP contribution is 2.30. The van der Waals surface area contributed by atoms with Gasteiger partial charge in [0.1, 0.15) is 5.52 Å². The van der Waals surface area contributed by atoms with Crippen LogP contribution in [0.3, 0.4) is 0 Å². The fourth-order valence-corrected chi connectivity index (χ4v) is 4.39. The molecule has 0 fully saturated rings. The predicted molar refractivity (Wildman–Crippen MR) is 119 cm³/mol. The van der Waals surface area contributed by atoms with Gasteiger partial charge in [-0.2, -0.15) is 0 Å². The Balaban J connectivity index is 1.92. The first-order valence-corrected chi connectivity index (χ1v) is 11.4. The molecule has 0 saturated heterocycles. The molecule has 154 valence electrons. The second-order valence-corrected chi connectivity index (χ2v) is 9.50. The normalized spacial score (nSPS) is 12.1. The van der Waals surface area contributed by atoms with Crippen molar-refractivity contribution in [1.29, 1.82) is 0 Å². The zero-order valence-electron chi connectivity index (χ0n) is 17.0. The van der Waals surface area contributed by atoms with Crippen LogP contribution in [-0.2, 0) is 9.84 Å². The van der Waals surface area contributed by atoms with Gasteiger partial charge < -0.3 is 10.2 Å². The van der Waals surface area contributed by atoms with Crippen molar-refractivity contribution in [3.63, 3.8) is 0 Å². The van der Waals surface area contributed by atoms with E-state index < -0.39 is 9.84 Å². The number of nitrogens with one attached hydrogen (secondary N) is 1. The average molecular weight is 423 g/mol. The number of nitrogens with zero attached hydrogens (tertiary/aromatic N) is 3. The van der Waals surface area contributed by atoms with Crippen molar-refractivity contribution in [2.75, 3.05) is 33.4 Å². The van der Waals surface area contributed by atoms with Gasteiger partial charge in [0.25, 0.3) is 5.91 Å². The number of hydrogen-bond donors (Lipinski definition) is 1. The van der Waals surface area contributed by atoms with Crippen LogP contribution in [0.25, 0.3) is 32.8 Å². The zero-order valence-corrected chi connectivity index (χ0v) is 17.8. The maximum Gasteiger partial charge on any atom is 0.253 e. The summed E-state index contributed by atoms with van der Waals surface area (Å²) in [5, 5.41) is 4.19. The van der Waals surface area contributed by atoms with Crippen molar-refractivity contribution < 1.29 is 13.2 Å². The van der Waals surface area contributed by atoms with Gasteiger partial charge in [-0.05, 0) is 38.4 Å². The topological polar surface area (TPSA) is 92.3 Å². The minimum absolute atomic E-state index is 0.215. The number of carbonyl (C=O) groups is 1. The fraction of sp³-hybridized carbons (Fsp3) is 0.227. The van der Waals surface area contributed by atoms with Crippen LogP contribution in [0.5, 0.6) is 0 Å². The first-order chi connectivity index (χ1) is 14.3. The quantitative estimate of drug-likeness (QED) is 0.393. The number of hydrogen-bond acceptors (Lipinski definition) is 6. The van der Waals surface area contributed by atoms with E-state index in [2.05, 4.69) is 10.3 Å². The lowest BCUT2D eigenvalue weighted by Crippen LogP contribution is -2.31. The van der Waals surface area contributed by atoms with E-state index in [1.54, 1.807) is 36.4 Å². The van der Waals surface area contributed by atoms with Crippen LogP contribution in [0.4, 0.5) is 0 Å². The van der Waals surface area contributed by atoms with E-state index in [9.17, 15) is 13.2 Å². The molecule has 0 aliphatic heterocycles. The van der Waals surface area contributed by atoms with Gasteiger partial charge in [-0.25, -0.2) is 18.4 Å². The van der Waals surface area contributed by atoms with E-state index in [0.717, 1.165) is 6.54 Å². The third kappa shape index (κ3) is 3.71. The molecule has 8 heteroatoms. The van der Waals surface area contributed by atoms with Crippen LogP contribution in [0.1, 0.15) is 10.4 Å². The molecule has 0 spiro atoms. The van der Waals surface area contributed by atoms with Crippen molar-refractivity contribution in [2.45, 2.75) is 4.90 Å². The number of likely N-dealkylation sites (N-methyl/N-ethyl adjacent to an activating group) is 1. The maximum absolute atomic E-state index is 12.7. The third-order valence-electron chi connectivity index (χ3n) is 4.94. The number of fused-ring (bicyclic) bond motifs is 4. The predicted octanol–water partition coefficient (Wildman–Crippen LogP) is 2.63. The summed E-state index contributed by atoms with van der Waals surface area (Å²) in [5.41, 5.74) is 2.76. The molecule has 0 aliphatic rings. The highest BCUT2D eigenvalue weighted by atomic mass is 32.2.